The van der Waals surface area contributed by atoms with Gasteiger partial charge in [-0.1, -0.05) is 33.6 Å². The van der Waals surface area contributed by atoms with Crippen molar-refractivity contribution < 1.29 is 9.53 Å². The van der Waals surface area contributed by atoms with Crippen LogP contribution in [-0.4, -0.2) is 13.1 Å². The second-order valence-electron chi connectivity index (χ2n) is 3.82. The normalized spacial score (nSPS) is 13.0. The highest BCUT2D eigenvalue weighted by atomic mass is 16.5. The molecular weight excluding hydrogens is 152 g/mol. The molecule has 0 saturated carbocycles. The number of hydrogen-bond acceptors (Lipinski definition) is 2. The van der Waals surface area contributed by atoms with Crippen molar-refractivity contribution in [2.45, 2.75) is 40.0 Å². The first kappa shape index (κ1) is 11.5. The molecule has 71 valence electrons. The van der Waals surface area contributed by atoms with Crippen LogP contribution in [0, 0.1) is 11.8 Å². The Morgan fingerprint density at radius 1 is 1.25 bits per heavy atom. The molecule has 0 amide bonds. The summed E-state index contributed by atoms with van der Waals surface area (Å²) in [6, 6.07) is 0. The molecule has 0 aromatic heterocycles. The molecule has 2 heteroatoms. The van der Waals surface area contributed by atoms with E-state index in [1.165, 1.54) is 19.3 Å². The molecule has 0 rings (SSSR count). The summed E-state index contributed by atoms with van der Waals surface area (Å²) >= 11 is 0. The Morgan fingerprint density at radius 3 is 2.42 bits per heavy atom. The molecule has 0 heterocycles. The Morgan fingerprint density at radius 2 is 1.92 bits per heavy atom. The van der Waals surface area contributed by atoms with E-state index in [1.54, 1.807) is 0 Å². The Bertz CT molecular complexity index is 110. The summed E-state index contributed by atoms with van der Waals surface area (Å²) in [5, 5.41) is 0. The summed E-state index contributed by atoms with van der Waals surface area (Å²) < 4.78 is 4.55. The Hall–Kier alpha value is -0.530. The molecule has 1 atom stereocenters. The summed E-state index contributed by atoms with van der Waals surface area (Å²) in [4.78, 5) is 9.74. The molecule has 0 aromatic carbocycles. The Kier molecular flexibility index (Phi) is 6.82. The van der Waals surface area contributed by atoms with Crippen LogP contribution in [0.4, 0.5) is 0 Å². The van der Waals surface area contributed by atoms with E-state index >= 15 is 0 Å². The minimum absolute atomic E-state index is 0.477. The summed E-state index contributed by atoms with van der Waals surface area (Å²) in [5.74, 6) is 1.25. The minimum Gasteiger partial charge on any atom is -0.457 e. The van der Waals surface area contributed by atoms with Gasteiger partial charge in [0.1, 0.15) is 0 Å². The largest absolute Gasteiger partial charge is 0.457 e. The number of rotatable bonds is 7. The fraction of sp³-hybridized carbons (Fsp3) is 0.900. The average Bonchev–Trinajstić information content (AvgIpc) is 2.00. The van der Waals surface area contributed by atoms with Crippen LogP contribution < -0.4 is 0 Å². The highest BCUT2D eigenvalue weighted by Gasteiger charge is 2.02. The van der Waals surface area contributed by atoms with Crippen LogP contribution in [-0.2, 0) is 9.53 Å². The van der Waals surface area contributed by atoms with Crippen molar-refractivity contribution in [1.29, 1.82) is 0 Å². The summed E-state index contributed by atoms with van der Waals surface area (Å²) in [6.07, 6.45) is 3.62. The van der Waals surface area contributed by atoms with Crippen molar-refractivity contribution in [2.75, 3.05) is 6.61 Å². The molecule has 0 aliphatic carbocycles. The van der Waals surface area contributed by atoms with Crippen LogP contribution in [0.5, 0.6) is 0 Å². The van der Waals surface area contributed by atoms with E-state index in [9.17, 15) is 4.79 Å². The van der Waals surface area contributed by atoms with E-state index in [0.717, 1.165) is 12.3 Å². The summed E-state index contributed by atoms with van der Waals surface area (Å²) in [5.41, 5.74) is 0. The van der Waals surface area contributed by atoms with Gasteiger partial charge in [-0.3, -0.25) is 0 Å². The third kappa shape index (κ3) is 7.58. The maximum absolute atomic E-state index is 9.74. The number of ether oxygens (including phenoxy) is 1. The van der Waals surface area contributed by atoms with Gasteiger partial charge in [-0.2, -0.15) is 0 Å². The van der Waals surface area contributed by atoms with E-state index in [4.69, 9.17) is 0 Å². The van der Waals surface area contributed by atoms with Gasteiger partial charge in [0.05, 0.1) is 6.61 Å². The smallest absolute Gasteiger partial charge is 0.417 e. The van der Waals surface area contributed by atoms with Gasteiger partial charge in [0.2, 0.25) is 0 Å². The average molecular weight is 171 g/mol. The van der Waals surface area contributed by atoms with Crippen molar-refractivity contribution in [3.05, 3.63) is 0 Å². The highest BCUT2D eigenvalue weighted by molar-refractivity contribution is 5.38. The lowest BCUT2D eigenvalue weighted by molar-refractivity contribution is 0.222. The first-order valence-electron chi connectivity index (χ1n) is 4.65. The summed E-state index contributed by atoms with van der Waals surface area (Å²) in [6.45, 7) is 8.50. The molecule has 0 fully saturated rings. The molecule has 1 radical (unpaired) electrons. The lowest BCUT2D eigenvalue weighted by Gasteiger charge is -2.09. The molecule has 1 unspecified atom stereocenters. The molecule has 0 saturated heterocycles. The molecule has 2 nitrogen and oxygen atoms in total. The molecule has 0 aliphatic rings. The van der Waals surface area contributed by atoms with Crippen molar-refractivity contribution in [2.24, 2.45) is 11.8 Å². The predicted octanol–water partition coefficient (Wildman–Crippen LogP) is 2.53. The van der Waals surface area contributed by atoms with E-state index in [1.807, 2.05) is 0 Å². The van der Waals surface area contributed by atoms with Crippen LogP contribution in [0.1, 0.15) is 40.0 Å². The topological polar surface area (TPSA) is 26.3 Å². The van der Waals surface area contributed by atoms with Gasteiger partial charge in [0.15, 0.2) is 0 Å². The predicted molar refractivity (Wildman–Crippen MR) is 49.5 cm³/mol. The van der Waals surface area contributed by atoms with Crippen LogP contribution in [0.2, 0.25) is 0 Å². The van der Waals surface area contributed by atoms with Crippen molar-refractivity contribution in [3.8, 4) is 0 Å². The van der Waals surface area contributed by atoms with E-state index in [2.05, 4.69) is 25.5 Å². The quantitative estimate of drug-likeness (QED) is 0.588. The van der Waals surface area contributed by atoms with E-state index < -0.39 is 0 Å². The zero-order valence-corrected chi connectivity index (χ0v) is 8.30. The lowest BCUT2D eigenvalue weighted by atomic mass is 10.0. The highest BCUT2D eigenvalue weighted by Crippen LogP contribution is 2.12. The third-order valence-electron chi connectivity index (χ3n) is 1.91. The van der Waals surface area contributed by atoms with Gasteiger partial charge in [-0.05, 0) is 18.3 Å². The molecular formula is C10H19O2. The maximum atomic E-state index is 9.74. The van der Waals surface area contributed by atoms with Gasteiger partial charge >= 0.3 is 6.47 Å². The molecule has 0 spiro atoms. The number of carbonyl (C=O) groups excluding carboxylic acids is 1. The fourth-order valence-corrected chi connectivity index (χ4v) is 1.13. The van der Waals surface area contributed by atoms with E-state index in [0.29, 0.717) is 12.5 Å². The van der Waals surface area contributed by atoms with Gasteiger partial charge < -0.3 is 4.74 Å². The Balaban J connectivity index is 3.18. The first-order valence-corrected chi connectivity index (χ1v) is 4.65. The van der Waals surface area contributed by atoms with Gasteiger partial charge in [0, 0.05) is 0 Å². The monoisotopic (exact) mass is 171 g/mol. The third-order valence-corrected chi connectivity index (χ3v) is 1.91. The van der Waals surface area contributed by atoms with Crippen molar-refractivity contribution in [1.82, 2.24) is 0 Å². The van der Waals surface area contributed by atoms with Crippen molar-refractivity contribution in [3.63, 3.8) is 0 Å². The molecule has 0 aromatic rings. The number of hydrogen-bond donors (Lipinski definition) is 0. The molecule has 12 heavy (non-hydrogen) atoms. The molecule has 0 bridgehead atoms. The molecule has 0 N–H and O–H groups in total. The lowest BCUT2D eigenvalue weighted by Crippen LogP contribution is -2.05. The van der Waals surface area contributed by atoms with Crippen LogP contribution in [0.15, 0.2) is 0 Å². The SMILES string of the molecule is CC(C)CCCC(C)CO[C]=O. The molecule has 0 aliphatic heterocycles. The Labute approximate surface area is 75.3 Å². The summed E-state index contributed by atoms with van der Waals surface area (Å²) in [7, 11) is 0. The zero-order chi connectivity index (χ0) is 9.40. The van der Waals surface area contributed by atoms with Crippen LogP contribution in [0.3, 0.4) is 0 Å². The van der Waals surface area contributed by atoms with Gasteiger partial charge in [0.25, 0.3) is 0 Å². The van der Waals surface area contributed by atoms with E-state index in [-0.39, 0.29) is 0 Å². The zero-order valence-electron chi connectivity index (χ0n) is 8.30. The standard InChI is InChI=1S/C10H19O2/c1-9(2)5-4-6-10(3)7-12-8-11/h9-10H,4-7H2,1-3H3. The van der Waals surface area contributed by atoms with Crippen molar-refractivity contribution >= 4 is 6.47 Å². The van der Waals surface area contributed by atoms with Crippen LogP contribution in [0.25, 0.3) is 0 Å². The second-order valence-corrected chi connectivity index (χ2v) is 3.82. The van der Waals surface area contributed by atoms with Crippen LogP contribution >= 0.6 is 0 Å². The first-order chi connectivity index (χ1) is 5.66. The fourth-order valence-electron chi connectivity index (χ4n) is 1.13. The minimum atomic E-state index is 0.477. The maximum Gasteiger partial charge on any atom is 0.417 e. The van der Waals surface area contributed by atoms with Gasteiger partial charge in [-0.15, -0.1) is 0 Å². The second kappa shape index (κ2) is 7.14. The van der Waals surface area contributed by atoms with Gasteiger partial charge in [-0.25, -0.2) is 4.79 Å².